The molecule has 0 spiro atoms. The zero-order valence-corrected chi connectivity index (χ0v) is 15.1. The molecule has 3 heterocycles. The molecule has 1 atom stereocenters. The molecule has 0 bridgehead atoms. The van der Waals surface area contributed by atoms with E-state index in [9.17, 15) is 0 Å². The lowest BCUT2D eigenvalue weighted by atomic mass is 10.1. The van der Waals surface area contributed by atoms with Gasteiger partial charge in [-0.3, -0.25) is 0 Å². The minimum Gasteiger partial charge on any atom is -0.333 e. The number of rotatable bonds is 4. The molecule has 112 valence electrons. The van der Waals surface area contributed by atoms with Crippen LogP contribution in [0.2, 0.25) is 0 Å². The van der Waals surface area contributed by atoms with E-state index in [1.165, 1.54) is 32.8 Å². The number of likely N-dealkylation sites (N-methyl/N-ethyl adjacent to an activating group) is 1. The van der Waals surface area contributed by atoms with Crippen LogP contribution in [0.15, 0.2) is 22.3 Å². The highest BCUT2D eigenvalue weighted by Crippen LogP contribution is 2.38. The van der Waals surface area contributed by atoms with Crippen molar-refractivity contribution in [3.63, 3.8) is 0 Å². The first-order chi connectivity index (χ1) is 10.1. The summed E-state index contributed by atoms with van der Waals surface area (Å²) in [5.74, 6) is 0.926. The molecular weight excluding hydrogens is 318 g/mol. The van der Waals surface area contributed by atoms with E-state index in [2.05, 4.69) is 20.6 Å². The summed E-state index contributed by atoms with van der Waals surface area (Å²) in [5.41, 5.74) is 2.68. The number of nitrogens with one attached hydrogen (secondary N) is 1. The number of aromatic nitrogens is 2. The van der Waals surface area contributed by atoms with Gasteiger partial charge in [-0.15, -0.1) is 23.1 Å². The van der Waals surface area contributed by atoms with Gasteiger partial charge in [-0.1, -0.05) is 23.9 Å². The normalized spacial score (nSPS) is 18.0. The number of hydrogen-bond acceptors (Lipinski definition) is 5. The van der Waals surface area contributed by atoms with Gasteiger partial charge >= 0.3 is 0 Å². The summed E-state index contributed by atoms with van der Waals surface area (Å²) in [7, 11) is 2.27. The van der Waals surface area contributed by atoms with Gasteiger partial charge in [0.1, 0.15) is 16.4 Å². The van der Waals surface area contributed by atoms with E-state index in [4.69, 9.17) is 9.97 Å². The molecule has 0 aromatic carbocycles. The average Bonchev–Trinajstić information content (AvgIpc) is 2.81. The second-order valence-electron chi connectivity index (χ2n) is 5.58. The summed E-state index contributed by atoms with van der Waals surface area (Å²) in [6.07, 6.45) is 3.18. The highest BCUT2D eigenvalue weighted by molar-refractivity contribution is 7.99. The maximum atomic E-state index is 4.76. The van der Waals surface area contributed by atoms with Gasteiger partial charge < -0.3 is 4.90 Å². The smallest absolute Gasteiger partial charge is 0.189 e. The Balaban J connectivity index is 2.12. The molecule has 2 aromatic heterocycles. The quantitative estimate of drug-likeness (QED) is 0.402. The fraction of sp³-hybridized carbons (Fsp3) is 0.467. The maximum Gasteiger partial charge on any atom is 0.189 e. The lowest BCUT2D eigenvalue weighted by Gasteiger charge is -2.19. The fourth-order valence-electron chi connectivity index (χ4n) is 2.55. The van der Waals surface area contributed by atoms with Crippen LogP contribution in [0.4, 0.5) is 0 Å². The van der Waals surface area contributed by atoms with E-state index in [0.29, 0.717) is 0 Å². The zero-order valence-electron chi connectivity index (χ0n) is 12.7. The van der Waals surface area contributed by atoms with Crippen molar-refractivity contribution in [1.82, 2.24) is 9.97 Å². The second-order valence-corrected chi connectivity index (χ2v) is 8.40. The van der Waals surface area contributed by atoms with Crippen LogP contribution in [0.1, 0.15) is 17.4 Å². The first-order valence-corrected chi connectivity index (χ1v) is 10.1. The number of thiophene rings is 1. The molecule has 1 unspecified atom stereocenters. The summed E-state index contributed by atoms with van der Waals surface area (Å²) in [5, 5.41) is 3.34. The Bertz CT molecular complexity index is 693. The minimum atomic E-state index is 0.881. The summed E-state index contributed by atoms with van der Waals surface area (Å²) < 4.78 is 0. The zero-order chi connectivity index (χ0) is 15.0. The summed E-state index contributed by atoms with van der Waals surface area (Å²) >= 11 is 5.28. The van der Waals surface area contributed by atoms with Crippen LogP contribution in [0.3, 0.4) is 0 Å². The van der Waals surface area contributed by atoms with Crippen molar-refractivity contribution in [3.05, 3.63) is 22.6 Å². The third-order valence-corrected chi connectivity index (χ3v) is 6.46. The van der Waals surface area contributed by atoms with Crippen LogP contribution in [0.5, 0.6) is 0 Å². The Hall–Kier alpha value is -0.560. The molecule has 0 amide bonds. The Morgan fingerprint density at radius 1 is 1.43 bits per heavy atom. The summed E-state index contributed by atoms with van der Waals surface area (Å²) in [6, 6.07) is 0. The van der Waals surface area contributed by atoms with Crippen molar-refractivity contribution in [2.24, 2.45) is 0 Å². The molecular formula is C15H20N3S3+. The summed E-state index contributed by atoms with van der Waals surface area (Å²) in [6.45, 7) is 8.40. The van der Waals surface area contributed by atoms with Crippen LogP contribution in [0.25, 0.3) is 10.2 Å². The van der Waals surface area contributed by atoms with Crippen molar-refractivity contribution in [1.29, 1.82) is 0 Å². The Kier molecular flexibility index (Phi) is 4.59. The van der Waals surface area contributed by atoms with E-state index in [-0.39, 0.29) is 0 Å². The second kappa shape index (κ2) is 6.28. The molecule has 0 fully saturated rings. The third kappa shape index (κ3) is 3.13. The van der Waals surface area contributed by atoms with Crippen LogP contribution < -0.4 is 4.90 Å². The molecule has 21 heavy (non-hydrogen) atoms. The Labute approximate surface area is 138 Å². The van der Waals surface area contributed by atoms with Gasteiger partial charge in [-0.05, 0) is 18.7 Å². The highest BCUT2D eigenvalue weighted by Gasteiger charge is 2.25. The molecule has 2 aromatic rings. The molecule has 1 aliphatic heterocycles. The Morgan fingerprint density at radius 2 is 2.24 bits per heavy atom. The van der Waals surface area contributed by atoms with Gasteiger partial charge in [0.15, 0.2) is 5.16 Å². The largest absolute Gasteiger partial charge is 0.333 e. The first-order valence-electron chi connectivity index (χ1n) is 7.03. The first kappa shape index (κ1) is 15.3. The van der Waals surface area contributed by atoms with E-state index in [1.807, 2.05) is 17.6 Å². The number of fused-ring (bicyclic) bond motifs is 3. The summed E-state index contributed by atoms with van der Waals surface area (Å²) in [4.78, 5) is 13.8. The molecule has 0 saturated carbocycles. The fourth-order valence-corrected chi connectivity index (χ4v) is 5.32. The minimum absolute atomic E-state index is 0.881. The number of quaternary nitrogens is 1. The third-order valence-electron chi connectivity index (χ3n) is 3.58. The molecule has 1 aliphatic rings. The van der Waals surface area contributed by atoms with E-state index < -0.39 is 0 Å². The SMILES string of the molecule is C=C(C)CSc1nc(SC)nc2sc3c(c12)CC[NH+](C)C3. The average molecular weight is 339 g/mol. The van der Waals surface area contributed by atoms with Crippen molar-refractivity contribution in [2.45, 2.75) is 30.1 Å². The lowest BCUT2D eigenvalue weighted by molar-refractivity contribution is -0.895. The monoisotopic (exact) mass is 338 g/mol. The van der Waals surface area contributed by atoms with Gasteiger partial charge in [0, 0.05) is 17.6 Å². The topological polar surface area (TPSA) is 30.2 Å². The van der Waals surface area contributed by atoms with Crippen molar-refractivity contribution in [3.8, 4) is 0 Å². The highest BCUT2D eigenvalue weighted by atomic mass is 32.2. The van der Waals surface area contributed by atoms with Gasteiger partial charge in [0.25, 0.3) is 0 Å². The predicted molar refractivity (Wildman–Crippen MR) is 93.9 cm³/mol. The number of thioether (sulfide) groups is 2. The van der Waals surface area contributed by atoms with Crippen LogP contribution in [-0.2, 0) is 13.0 Å². The molecule has 0 radical (unpaired) electrons. The molecule has 0 saturated heterocycles. The Morgan fingerprint density at radius 3 is 2.95 bits per heavy atom. The molecule has 3 nitrogen and oxygen atoms in total. The van der Waals surface area contributed by atoms with Crippen LogP contribution >= 0.6 is 34.9 Å². The lowest BCUT2D eigenvalue weighted by Crippen LogP contribution is -3.08. The number of hydrogen-bond donors (Lipinski definition) is 1. The van der Waals surface area contributed by atoms with Crippen LogP contribution in [-0.4, -0.2) is 35.6 Å². The van der Waals surface area contributed by atoms with E-state index >= 15 is 0 Å². The van der Waals surface area contributed by atoms with Gasteiger partial charge in [-0.2, -0.15) is 0 Å². The number of nitrogens with zero attached hydrogens (tertiary/aromatic N) is 2. The van der Waals surface area contributed by atoms with Crippen molar-refractivity contribution in [2.75, 3.05) is 25.6 Å². The van der Waals surface area contributed by atoms with E-state index in [1.54, 1.807) is 28.4 Å². The molecule has 0 aliphatic carbocycles. The van der Waals surface area contributed by atoms with Crippen molar-refractivity contribution < 1.29 is 4.90 Å². The molecule has 1 N–H and O–H groups in total. The molecule has 3 rings (SSSR count). The van der Waals surface area contributed by atoms with Gasteiger partial charge in [-0.25, -0.2) is 9.97 Å². The van der Waals surface area contributed by atoms with E-state index in [0.717, 1.165) is 28.9 Å². The maximum absolute atomic E-state index is 4.76. The standard InChI is InChI=1S/C15H19N3S3/c1-9(2)8-20-13-12-10-5-6-18(3)7-11(10)21-14(12)17-15(16-13)19-4/h1,5-8H2,2-4H3/p+1. The van der Waals surface area contributed by atoms with Crippen LogP contribution in [0, 0.1) is 0 Å². The van der Waals surface area contributed by atoms with Gasteiger partial charge in [0.05, 0.1) is 18.5 Å². The van der Waals surface area contributed by atoms with Gasteiger partial charge in [0.2, 0.25) is 0 Å². The van der Waals surface area contributed by atoms with Crippen molar-refractivity contribution >= 4 is 45.1 Å². The predicted octanol–water partition coefficient (Wildman–Crippen LogP) is 2.65. The molecule has 6 heteroatoms.